The molecule has 13 heavy (non-hydrogen) atoms. The monoisotopic (exact) mass is 183 g/mol. The summed E-state index contributed by atoms with van der Waals surface area (Å²) in [5, 5.41) is 3.37. The van der Waals surface area contributed by atoms with Crippen LogP contribution in [0.3, 0.4) is 0 Å². The molecule has 0 spiro atoms. The molecule has 0 aromatic heterocycles. The van der Waals surface area contributed by atoms with Crippen molar-refractivity contribution in [2.75, 3.05) is 45.9 Å². The highest BCUT2D eigenvalue weighted by Gasteiger charge is 2.13. The van der Waals surface area contributed by atoms with E-state index in [0.717, 1.165) is 6.67 Å². The molecule has 2 aliphatic heterocycles. The van der Waals surface area contributed by atoms with E-state index >= 15 is 0 Å². The van der Waals surface area contributed by atoms with Gasteiger partial charge in [0, 0.05) is 32.8 Å². The molecule has 2 saturated heterocycles. The highest BCUT2D eigenvalue weighted by molar-refractivity contribution is 4.70. The molecule has 2 fully saturated rings. The molecule has 0 bridgehead atoms. The molecule has 0 atom stereocenters. The van der Waals surface area contributed by atoms with Gasteiger partial charge in [-0.3, -0.25) is 4.90 Å². The predicted octanol–water partition coefficient (Wildman–Crippen LogP) is 0.335. The van der Waals surface area contributed by atoms with Crippen LogP contribution < -0.4 is 5.32 Å². The van der Waals surface area contributed by atoms with E-state index < -0.39 is 0 Å². The summed E-state index contributed by atoms with van der Waals surface area (Å²) in [5.41, 5.74) is 0. The lowest BCUT2D eigenvalue weighted by atomic mass is 10.1. The fourth-order valence-electron chi connectivity index (χ4n) is 2.21. The minimum Gasteiger partial charge on any atom is -0.303 e. The van der Waals surface area contributed by atoms with E-state index in [9.17, 15) is 0 Å². The van der Waals surface area contributed by atoms with Gasteiger partial charge in [-0.2, -0.15) is 0 Å². The first-order chi connectivity index (χ1) is 6.45. The van der Waals surface area contributed by atoms with Crippen LogP contribution in [0.2, 0.25) is 0 Å². The normalized spacial score (nSPS) is 26.8. The van der Waals surface area contributed by atoms with E-state index in [1.54, 1.807) is 0 Å². The van der Waals surface area contributed by atoms with Gasteiger partial charge >= 0.3 is 0 Å². The molecule has 0 unspecified atom stereocenters. The van der Waals surface area contributed by atoms with Crippen molar-refractivity contribution in [3.05, 3.63) is 0 Å². The zero-order valence-corrected chi connectivity index (χ0v) is 8.47. The van der Waals surface area contributed by atoms with Crippen LogP contribution in [0.15, 0.2) is 0 Å². The average molecular weight is 183 g/mol. The number of hydrogen-bond acceptors (Lipinski definition) is 3. The standard InChI is InChI=1S/C10H21N3/c1-2-5-12(6-3-1)8-9-13-7-4-11-10-13/h11H,1-10H2. The predicted molar refractivity (Wildman–Crippen MR) is 54.7 cm³/mol. The molecule has 0 aliphatic carbocycles. The maximum Gasteiger partial charge on any atom is 0.0481 e. The Kier molecular flexibility index (Phi) is 3.58. The van der Waals surface area contributed by atoms with Crippen LogP contribution in [0, 0.1) is 0 Å². The third-order valence-electron chi connectivity index (χ3n) is 3.12. The first kappa shape index (κ1) is 9.44. The Bertz CT molecular complexity index is 137. The summed E-state index contributed by atoms with van der Waals surface area (Å²) < 4.78 is 0. The molecular weight excluding hydrogens is 162 g/mol. The summed E-state index contributed by atoms with van der Waals surface area (Å²) in [6.45, 7) is 8.74. The molecule has 3 nitrogen and oxygen atoms in total. The van der Waals surface area contributed by atoms with Gasteiger partial charge in [-0.1, -0.05) is 6.42 Å². The van der Waals surface area contributed by atoms with Gasteiger partial charge in [0.05, 0.1) is 0 Å². The Morgan fingerprint density at radius 3 is 2.31 bits per heavy atom. The zero-order chi connectivity index (χ0) is 8.93. The Labute approximate surface area is 81.1 Å². The molecule has 0 amide bonds. The van der Waals surface area contributed by atoms with Crippen molar-refractivity contribution in [1.29, 1.82) is 0 Å². The minimum atomic E-state index is 1.10. The Balaban J connectivity index is 1.60. The van der Waals surface area contributed by atoms with E-state index in [4.69, 9.17) is 0 Å². The molecule has 0 saturated carbocycles. The summed E-state index contributed by atoms with van der Waals surface area (Å²) in [4.78, 5) is 5.12. The highest BCUT2D eigenvalue weighted by atomic mass is 15.3. The fourth-order valence-corrected chi connectivity index (χ4v) is 2.21. The van der Waals surface area contributed by atoms with Crippen LogP contribution in [-0.2, 0) is 0 Å². The van der Waals surface area contributed by atoms with E-state index in [2.05, 4.69) is 15.1 Å². The summed E-state index contributed by atoms with van der Waals surface area (Å²) in [6, 6.07) is 0. The van der Waals surface area contributed by atoms with Gasteiger partial charge in [0.15, 0.2) is 0 Å². The lowest BCUT2D eigenvalue weighted by Crippen LogP contribution is -2.37. The maximum atomic E-state index is 3.37. The topological polar surface area (TPSA) is 18.5 Å². The molecule has 3 heteroatoms. The summed E-state index contributed by atoms with van der Waals surface area (Å²) >= 11 is 0. The molecule has 1 N–H and O–H groups in total. The van der Waals surface area contributed by atoms with Gasteiger partial charge < -0.3 is 10.2 Å². The third-order valence-corrected chi connectivity index (χ3v) is 3.12. The van der Waals surface area contributed by atoms with Gasteiger partial charge in [0.1, 0.15) is 0 Å². The van der Waals surface area contributed by atoms with Gasteiger partial charge in [0.2, 0.25) is 0 Å². The second kappa shape index (κ2) is 4.94. The average Bonchev–Trinajstić information content (AvgIpc) is 2.69. The molecule has 0 aromatic rings. The van der Waals surface area contributed by atoms with Gasteiger partial charge in [-0.25, -0.2) is 0 Å². The smallest absolute Gasteiger partial charge is 0.0481 e. The Morgan fingerprint density at radius 2 is 1.62 bits per heavy atom. The van der Waals surface area contributed by atoms with Crippen molar-refractivity contribution in [2.45, 2.75) is 19.3 Å². The first-order valence-corrected chi connectivity index (χ1v) is 5.60. The lowest BCUT2D eigenvalue weighted by Gasteiger charge is -2.28. The number of nitrogens with zero attached hydrogens (tertiary/aromatic N) is 2. The van der Waals surface area contributed by atoms with Crippen molar-refractivity contribution in [1.82, 2.24) is 15.1 Å². The second-order valence-corrected chi connectivity index (χ2v) is 4.18. The van der Waals surface area contributed by atoms with E-state index in [0.29, 0.717) is 0 Å². The van der Waals surface area contributed by atoms with Crippen molar-refractivity contribution in [3.63, 3.8) is 0 Å². The van der Waals surface area contributed by atoms with Crippen molar-refractivity contribution in [2.24, 2.45) is 0 Å². The highest BCUT2D eigenvalue weighted by Crippen LogP contribution is 2.08. The van der Waals surface area contributed by atoms with Crippen LogP contribution in [0.25, 0.3) is 0 Å². The van der Waals surface area contributed by atoms with Crippen molar-refractivity contribution >= 4 is 0 Å². The fraction of sp³-hybridized carbons (Fsp3) is 1.00. The van der Waals surface area contributed by atoms with Gasteiger partial charge in [-0.15, -0.1) is 0 Å². The Morgan fingerprint density at radius 1 is 0.846 bits per heavy atom. The number of likely N-dealkylation sites (tertiary alicyclic amines) is 1. The lowest BCUT2D eigenvalue weighted by molar-refractivity contribution is 0.195. The van der Waals surface area contributed by atoms with Crippen molar-refractivity contribution in [3.8, 4) is 0 Å². The second-order valence-electron chi connectivity index (χ2n) is 4.18. The van der Waals surface area contributed by atoms with Crippen LogP contribution in [0.1, 0.15) is 19.3 Å². The van der Waals surface area contributed by atoms with Gasteiger partial charge in [-0.05, 0) is 25.9 Å². The van der Waals surface area contributed by atoms with Crippen LogP contribution in [0.5, 0.6) is 0 Å². The van der Waals surface area contributed by atoms with E-state index in [1.165, 1.54) is 58.5 Å². The van der Waals surface area contributed by atoms with Crippen molar-refractivity contribution < 1.29 is 0 Å². The van der Waals surface area contributed by atoms with Crippen LogP contribution in [0.4, 0.5) is 0 Å². The zero-order valence-electron chi connectivity index (χ0n) is 8.47. The quantitative estimate of drug-likeness (QED) is 0.680. The number of piperidine rings is 1. The Hall–Kier alpha value is -0.120. The molecule has 2 rings (SSSR count). The maximum absolute atomic E-state index is 3.37. The molecule has 0 radical (unpaired) electrons. The van der Waals surface area contributed by atoms with Crippen LogP contribution in [-0.4, -0.2) is 55.7 Å². The summed E-state index contributed by atoms with van der Waals surface area (Å²) in [5.74, 6) is 0. The molecular formula is C10H21N3. The SMILES string of the molecule is C1CCN(CCN2CCNC2)CC1. The molecule has 76 valence electrons. The molecule has 2 heterocycles. The third kappa shape index (κ3) is 2.93. The molecule has 0 aromatic carbocycles. The largest absolute Gasteiger partial charge is 0.303 e. The molecule has 2 aliphatic rings. The first-order valence-electron chi connectivity index (χ1n) is 5.60. The van der Waals surface area contributed by atoms with E-state index in [1.807, 2.05) is 0 Å². The minimum absolute atomic E-state index is 1.10. The van der Waals surface area contributed by atoms with Gasteiger partial charge in [0.25, 0.3) is 0 Å². The van der Waals surface area contributed by atoms with Crippen LogP contribution >= 0.6 is 0 Å². The summed E-state index contributed by atoms with van der Waals surface area (Å²) in [7, 11) is 0. The summed E-state index contributed by atoms with van der Waals surface area (Å²) in [6.07, 6.45) is 4.28. The number of rotatable bonds is 3. The number of hydrogen-bond donors (Lipinski definition) is 1. The van der Waals surface area contributed by atoms with E-state index in [-0.39, 0.29) is 0 Å². The number of nitrogens with one attached hydrogen (secondary N) is 1.